The van der Waals surface area contributed by atoms with Gasteiger partial charge in [0.2, 0.25) is 17.7 Å². The molecule has 1 aromatic rings. The van der Waals surface area contributed by atoms with Crippen LogP contribution < -0.4 is 10.6 Å². The number of anilines is 1. The standard InChI is InChI=1S/C28H39N3O4S/c1-16(2)20(15-32)31-24(26(34)30-19-12-8-5-9-13-19)28-17(3)14-21(36-28)22(23(28)27(31)35)25(33)29-18-10-6-4-7-11-18/h4,6-7,10-11,16-17,19-24,32H,5,8-9,12-15H2,1-3H3,(H,29,33)(H,30,34)/t17?,20-,21-,22+,23-,24?,28?/m0/s1. The fourth-order valence-corrected chi connectivity index (χ4v) is 9.72. The fourth-order valence-electron chi connectivity index (χ4n) is 7.31. The second-order valence-corrected chi connectivity index (χ2v) is 13.0. The number of fused-ring (bicyclic) bond motifs is 1. The van der Waals surface area contributed by atoms with E-state index in [1.165, 1.54) is 6.42 Å². The van der Waals surface area contributed by atoms with Gasteiger partial charge in [0.25, 0.3) is 0 Å². The molecule has 3 heterocycles. The van der Waals surface area contributed by atoms with Crippen molar-refractivity contribution in [3.63, 3.8) is 0 Å². The van der Waals surface area contributed by atoms with Crippen LogP contribution in [0, 0.1) is 23.7 Å². The van der Waals surface area contributed by atoms with Crippen LogP contribution in [0.2, 0.25) is 0 Å². The molecule has 1 spiro atoms. The first kappa shape index (κ1) is 25.6. The number of carbonyl (C=O) groups is 3. The maximum Gasteiger partial charge on any atom is 0.244 e. The number of rotatable bonds is 7. The highest BCUT2D eigenvalue weighted by atomic mass is 32.2. The quantitative estimate of drug-likeness (QED) is 0.519. The summed E-state index contributed by atoms with van der Waals surface area (Å²) in [6.07, 6.45) is 6.12. The summed E-state index contributed by atoms with van der Waals surface area (Å²) in [7, 11) is 0. The van der Waals surface area contributed by atoms with Gasteiger partial charge < -0.3 is 20.6 Å². The molecule has 3 N–H and O–H groups in total. The first-order valence-electron chi connectivity index (χ1n) is 13.6. The van der Waals surface area contributed by atoms with Crippen molar-refractivity contribution in [2.75, 3.05) is 11.9 Å². The zero-order chi connectivity index (χ0) is 25.6. The van der Waals surface area contributed by atoms with Crippen molar-refractivity contribution in [1.29, 1.82) is 0 Å². The molecule has 3 saturated heterocycles. The first-order valence-corrected chi connectivity index (χ1v) is 14.4. The Balaban J connectivity index is 1.51. The fraction of sp³-hybridized carbons (Fsp3) is 0.679. The van der Waals surface area contributed by atoms with E-state index in [1.807, 2.05) is 44.2 Å². The van der Waals surface area contributed by atoms with Crippen LogP contribution in [0.15, 0.2) is 30.3 Å². The maximum atomic E-state index is 14.2. The second kappa shape index (κ2) is 10.0. The number of nitrogens with zero attached hydrogens (tertiary/aromatic N) is 1. The number of hydrogen-bond donors (Lipinski definition) is 3. The van der Waals surface area contributed by atoms with Crippen molar-refractivity contribution < 1.29 is 19.5 Å². The number of amides is 3. The lowest BCUT2D eigenvalue weighted by molar-refractivity contribution is -0.143. The summed E-state index contributed by atoms with van der Waals surface area (Å²) in [5, 5.41) is 16.7. The highest BCUT2D eigenvalue weighted by molar-refractivity contribution is 8.02. The van der Waals surface area contributed by atoms with Gasteiger partial charge in [-0.3, -0.25) is 14.4 Å². The van der Waals surface area contributed by atoms with E-state index >= 15 is 0 Å². The average molecular weight is 514 g/mol. The molecular weight excluding hydrogens is 474 g/mol. The van der Waals surface area contributed by atoms with Crippen molar-refractivity contribution in [1.82, 2.24) is 10.2 Å². The van der Waals surface area contributed by atoms with E-state index in [4.69, 9.17) is 0 Å². The largest absolute Gasteiger partial charge is 0.394 e. The Kier molecular flexibility index (Phi) is 7.11. The number of para-hydroxylation sites is 1. The van der Waals surface area contributed by atoms with Crippen LogP contribution in [-0.2, 0) is 14.4 Å². The molecule has 4 fully saturated rings. The summed E-state index contributed by atoms with van der Waals surface area (Å²) >= 11 is 1.68. The van der Waals surface area contributed by atoms with Crippen LogP contribution >= 0.6 is 11.8 Å². The smallest absolute Gasteiger partial charge is 0.244 e. The molecule has 7 atom stereocenters. The zero-order valence-electron chi connectivity index (χ0n) is 21.5. The summed E-state index contributed by atoms with van der Waals surface area (Å²) < 4.78 is -0.665. The van der Waals surface area contributed by atoms with E-state index in [1.54, 1.807) is 16.7 Å². The third-order valence-corrected chi connectivity index (χ3v) is 11.1. The molecule has 0 radical (unpaired) electrons. The number of hydrogen-bond acceptors (Lipinski definition) is 5. The number of aliphatic hydroxyl groups is 1. The monoisotopic (exact) mass is 513 g/mol. The Morgan fingerprint density at radius 3 is 2.47 bits per heavy atom. The lowest BCUT2D eigenvalue weighted by Gasteiger charge is -2.41. The summed E-state index contributed by atoms with van der Waals surface area (Å²) in [6.45, 7) is 5.88. The minimum Gasteiger partial charge on any atom is -0.394 e. The van der Waals surface area contributed by atoms with Gasteiger partial charge in [-0.05, 0) is 43.2 Å². The van der Waals surface area contributed by atoms with E-state index in [9.17, 15) is 19.5 Å². The molecule has 1 aliphatic carbocycles. The Hall–Kier alpha value is -2.06. The van der Waals surface area contributed by atoms with Crippen LogP contribution in [0.3, 0.4) is 0 Å². The highest BCUT2D eigenvalue weighted by Gasteiger charge is 2.76. The molecule has 7 nitrogen and oxygen atoms in total. The van der Waals surface area contributed by atoms with Crippen LogP contribution in [0.5, 0.6) is 0 Å². The molecule has 36 heavy (non-hydrogen) atoms. The predicted octanol–water partition coefficient (Wildman–Crippen LogP) is 3.43. The van der Waals surface area contributed by atoms with E-state index < -0.39 is 28.7 Å². The Labute approximate surface area is 218 Å². The second-order valence-electron chi connectivity index (χ2n) is 11.5. The first-order chi connectivity index (χ1) is 17.3. The topological polar surface area (TPSA) is 98.7 Å². The van der Waals surface area contributed by atoms with Crippen LogP contribution in [-0.4, -0.2) is 62.5 Å². The van der Waals surface area contributed by atoms with Crippen molar-refractivity contribution in [3.05, 3.63) is 30.3 Å². The molecule has 4 aliphatic rings. The molecule has 3 unspecified atom stereocenters. The van der Waals surface area contributed by atoms with Crippen molar-refractivity contribution in [3.8, 4) is 0 Å². The van der Waals surface area contributed by atoms with E-state index in [0.29, 0.717) is 5.69 Å². The lowest BCUT2D eigenvalue weighted by Crippen LogP contribution is -2.60. The molecule has 1 aromatic carbocycles. The molecule has 3 aliphatic heterocycles. The molecule has 8 heteroatoms. The van der Waals surface area contributed by atoms with Crippen LogP contribution in [0.4, 0.5) is 5.69 Å². The summed E-state index contributed by atoms with van der Waals surface area (Å²) in [6, 6.07) is 8.31. The summed E-state index contributed by atoms with van der Waals surface area (Å²) in [5.74, 6) is -1.39. The molecule has 2 bridgehead atoms. The van der Waals surface area contributed by atoms with Gasteiger partial charge in [0, 0.05) is 17.0 Å². The normalized spacial score (nSPS) is 34.6. The van der Waals surface area contributed by atoms with Gasteiger partial charge >= 0.3 is 0 Å². The van der Waals surface area contributed by atoms with Crippen molar-refractivity contribution in [2.24, 2.45) is 23.7 Å². The zero-order valence-corrected chi connectivity index (χ0v) is 22.3. The molecule has 196 valence electrons. The van der Waals surface area contributed by atoms with E-state index in [-0.39, 0.29) is 47.5 Å². The van der Waals surface area contributed by atoms with Gasteiger partial charge in [0.05, 0.1) is 29.2 Å². The Morgan fingerprint density at radius 1 is 1.14 bits per heavy atom. The third-order valence-electron chi connectivity index (χ3n) is 9.04. The van der Waals surface area contributed by atoms with Gasteiger partial charge in [-0.25, -0.2) is 0 Å². The van der Waals surface area contributed by atoms with Gasteiger partial charge in [0.15, 0.2) is 0 Å². The van der Waals surface area contributed by atoms with Crippen molar-refractivity contribution in [2.45, 2.75) is 87.4 Å². The summed E-state index contributed by atoms with van der Waals surface area (Å²) in [5.41, 5.74) is 0.710. The minimum atomic E-state index is -0.684. The number of nitrogens with one attached hydrogen (secondary N) is 2. The Bertz CT molecular complexity index is 998. The minimum absolute atomic E-state index is 0.00332. The number of benzene rings is 1. The van der Waals surface area contributed by atoms with Gasteiger partial charge in [-0.1, -0.05) is 58.2 Å². The lowest BCUT2D eigenvalue weighted by atomic mass is 9.65. The van der Waals surface area contributed by atoms with Crippen molar-refractivity contribution >= 4 is 35.2 Å². The van der Waals surface area contributed by atoms with Gasteiger partial charge in [-0.2, -0.15) is 0 Å². The number of carbonyl (C=O) groups excluding carboxylic acids is 3. The Morgan fingerprint density at radius 2 is 1.83 bits per heavy atom. The summed E-state index contributed by atoms with van der Waals surface area (Å²) in [4.78, 5) is 43.6. The van der Waals surface area contributed by atoms with E-state index in [0.717, 1.165) is 32.1 Å². The molecule has 5 rings (SSSR count). The number of likely N-dealkylation sites (tertiary alicyclic amines) is 1. The molecule has 3 amide bonds. The number of thioether (sulfide) groups is 1. The maximum absolute atomic E-state index is 14.2. The average Bonchev–Trinajstić information content (AvgIpc) is 3.45. The van der Waals surface area contributed by atoms with Gasteiger partial charge in [-0.15, -0.1) is 11.8 Å². The molecule has 1 saturated carbocycles. The van der Waals surface area contributed by atoms with Crippen LogP contribution in [0.1, 0.15) is 59.3 Å². The molecule has 0 aromatic heterocycles. The van der Waals surface area contributed by atoms with Crippen LogP contribution in [0.25, 0.3) is 0 Å². The third kappa shape index (κ3) is 4.05. The highest BCUT2D eigenvalue weighted by Crippen LogP contribution is 2.69. The van der Waals surface area contributed by atoms with Gasteiger partial charge in [0.1, 0.15) is 6.04 Å². The SMILES string of the molecule is CC(C)[C@H](CO)N1C(=O)[C@@H]2[C@H](C(=O)Nc3ccccc3)[C@@H]3CC(C)C2(S3)C1C(=O)NC1CCCCC1. The predicted molar refractivity (Wildman–Crippen MR) is 141 cm³/mol. The number of aliphatic hydroxyl groups excluding tert-OH is 1. The van der Waals surface area contributed by atoms with E-state index in [2.05, 4.69) is 17.6 Å². The molecular formula is C28H39N3O4S.